The van der Waals surface area contributed by atoms with Crippen molar-refractivity contribution in [3.63, 3.8) is 0 Å². The quantitative estimate of drug-likeness (QED) is 0.718. The van der Waals surface area contributed by atoms with E-state index in [9.17, 15) is 14.7 Å². The van der Waals surface area contributed by atoms with Crippen LogP contribution in [-0.4, -0.2) is 39.9 Å². The van der Waals surface area contributed by atoms with Gasteiger partial charge in [0.1, 0.15) is 11.3 Å². The van der Waals surface area contributed by atoms with Gasteiger partial charge >= 0.3 is 0 Å². The Morgan fingerprint density at radius 3 is 2.87 bits per heavy atom. The highest BCUT2D eigenvalue weighted by atomic mass is 16.3. The second-order valence-electron chi connectivity index (χ2n) is 5.83. The molecule has 0 radical (unpaired) electrons. The van der Waals surface area contributed by atoms with Gasteiger partial charge < -0.3 is 16.2 Å². The number of carbonyl (C=O) groups is 2. The average Bonchev–Trinajstić information content (AvgIpc) is 2.68. The van der Waals surface area contributed by atoms with E-state index in [-0.39, 0.29) is 36.5 Å². The maximum Gasteiger partial charge on any atom is 0.257 e. The predicted octanol–water partition coefficient (Wildman–Crippen LogP) is 0.724. The molecule has 1 aromatic carbocycles. The standard InChI is InChI=1S/C16H22N4O3/c1-3-7-18-13(22)9-16(2)14(23)20(15(17)19-16)10-11-5-4-6-12(21)8-11/h4-6,8,21H,3,7,9-10H2,1-2H3,(H2,17,19)(H,18,22). The number of guanidine groups is 1. The minimum Gasteiger partial charge on any atom is -0.508 e. The second-order valence-corrected chi connectivity index (χ2v) is 5.83. The zero-order valence-corrected chi connectivity index (χ0v) is 13.4. The largest absolute Gasteiger partial charge is 0.508 e. The number of amides is 2. The number of hydrogen-bond acceptors (Lipinski definition) is 5. The normalized spacial score (nSPS) is 20.5. The van der Waals surface area contributed by atoms with Crippen molar-refractivity contribution in [2.24, 2.45) is 10.7 Å². The highest BCUT2D eigenvalue weighted by Crippen LogP contribution is 2.26. The van der Waals surface area contributed by atoms with Crippen LogP contribution < -0.4 is 11.1 Å². The lowest BCUT2D eigenvalue weighted by molar-refractivity contribution is -0.134. The van der Waals surface area contributed by atoms with Gasteiger partial charge in [0.05, 0.1) is 13.0 Å². The van der Waals surface area contributed by atoms with Gasteiger partial charge in [-0.2, -0.15) is 0 Å². The van der Waals surface area contributed by atoms with Crippen molar-refractivity contribution >= 4 is 17.8 Å². The molecule has 1 aliphatic heterocycles. The molecule has 0 fully saturated rings. The lowest BCUT2D eigenvalue weighted by Crippen LogP contribution is -2.44. The van der Waals surface area contributed by atoms with Crippen molar-refractivity contribution in [2.75, 3.05) is 6.54 Å². The molecule has 1 aliphatic rings. The third-order valence-electron chi connectivity index (χ3n) is 3.67. The summed E-state index contributed by atoms with van der Waals surface area (Å²) in [5, 5.41) is 12.2. The molecule has 4 N–H and O–H groups in total. The number of phenolic OH excluding ortho intramolecular Hbond substituents is 1. The van der Waals surface area contributed by atoms with Crippen LogP contribution in [0.5, 0.6) is 5.75 Å². The first kappa shape index (κ1) is 16.8. The van der Waals surface area contributed by atoms with Crippen LogP contribution in [-0.2, 0) is 16.1 Å². The fraction of sp³-hybridized carbons (Fsp3) is 0.438. The number of nitrogens with zero attached hydrogens (tertiary/aromatic N) is 2. The first-order valence-corrected chi connectivity index (χ1v) is 7.57. The second kappa shape index (κ2) is 6.68. The van der Waals surface area contributed by atoms with Crippen molar-refractivity contribution in [1.82, 2.24) is 10.2 Å². The molecule has 2 rings (SSSR count). The summed E-state index contributed by atoms with van der Waals surface area (Å²) in [5.74, 6) is -0.334. The summed E-state index contributed by atoms with van der Waals surface area (Å²) in [6, 6.07) is 6.58. The highest BCUT2D eigenvalue weighted by Gasteiger charge is 2.45. The monoisotopic (exact) mass is 318 g/mol. The van der Waals surface area contributed by atoms with Gasteiger partial charge in [-0.3, -0.25) is 14.5 Å². The van der Waals surface area contributed by atoms with E-state index >= 15 is 0 Å². The molecule has 0 aromatic heterocycles. The van der Waals surface area contributed by atoms with E-state index in [1.165, 1.54) is 4.90 Å². The van der Waals surface area contributed by atoms with E-state index in [4.69, 9.17) is 5.73 Å². The lowest BCUT2D eigenvalue weighted by atomic mass is 9.97. The Bertz CT molecular complexity index is 644. The molecule has 0 bridgehead atoms. The van der Waals surface area contributed by atoms with Crippen LogP contribution in [0.4, 0.5) is 0 Å². The Hall–Kier alpha value is -2.57. The predicted molar refractivity (Wildman–Crippen MR) is 86.6 cm³/mol. The number of nitrogens with one attached hydrogen (secondary N) is 1. The summed E-state index contributed by atoms with van der Waals surface area (Å²) in [4.78, 5) is 30.1. The molecule has 1 atom stereocenters. The Kier molecular flexibility index (Phi) is 4.88. The van der Waals surface area contributed by atoms with Crippen LogP contribution in [0.3, 0.4) is 0 Å². The fourth-order valence-electron chi connectivity index (χ4n) is 2.50. The number of nitrogens with two attached hydrogens (primary N) is 1. The topological polar surface area (TPSA) is 108 Å². The maximum absolute atomic E-state index is 12.6. The number of carbonyl (C=O) groups excluding carboxylic acids is 2. The van der Waals surface area contributed by atoms with Crippen LogP contribution in [0.25, 0.3) is 0 Å². The van der Waals surface area contributed by atoms with E-state index in [1.54, 1.807) is 31.2 Å². The number of benzene rings is 1. The molecule has 1 unspecified atom stereocenters. The van der Waals surface area contributed by atoms with Gasteiger partial charge in [-0.1, -0.05) is 19.1 Å². The average molecular weight is 318 g/mol. The number of aromatic hydroxyl groups is 1. The van der Waals surface area contributed by atoms with E-state index in [0.29, 0.717) is 6.54 Å². The van der Waals surface area contributed by atoms with Gasteiger partial charge in [0.25, 0.3) is 5.91 Å². The summed E-state index contributed by atoms with van der Waals surface area (Å²) < 4.78 is 0. The molecule has 1 heterocycles. The summed E-state index contributed by atoms with van der Waals surface area (Å²) >= 11 is 0. The maximum atomic E-state index is 12.6. The molecule has 7 heteroatoms. The molecule has 23 heavy (non-hydrogen) atoms. The minimum atomic E-state index is -1.18. The Balaban J connectivity index is 2.09. The van der Waals surface area contributed by atoms with Crippen molar-refractivity contribution in [2.45, 2.75) is 38.8 Å². The summed E-state index contributed by atoms with van der Waals surface area (Å²) in [6.07, 6.45) is 0.786. The number of hydrogen-bond donors (Lipinski definition) is 3. The van der Waals surface area contributed by atoms with E-state index < -0.39 is 5.54 Å². The van der Waals surface area contributed by atoms with Gasteiger partial charge in [-0.05, 0) is 31.0 Å². The summed E-state index contributed by atoms with van der Waals surface area (Å²) in [7, 11) is 0. The Labute approximate surface area is 135 Å². The lowest BCUT2D eigenvalue weighted by Gasteiger charge is -2.22. The molecule has 0 spiro atoms. The minimum absolute atomic E-state index is 0.0386. The van der Waals surface area contributed by atoms with Gasteiger partial charge in [-0.15, -0.1) is 0 Å². The van der Waals surface area contributed by atoms with Crippen LogP contribution in [0.15, 0.2) is 29.3 Å². The first-order valence-electron chi connectivity index (χ1n) is 7.57. The number of rotatable bonds is 6. The van der Waals surface area contributed by atoms with Gasteiger partial charge in [0.15, 0.2) is 5.96 Å². The van der Waals surface area contributed by atoms with Crippen molar-refractivity contribution in [1.29, 1.82) is 0 Å². The van der Waals surface area contributed by atoms with Crippen LogP contribution in [0, 0.1) is 0 Å². The highest BCUT2D eigenvalue weighted by molar-refractivity contribution is 6.08. The van der Waals surface area contributed by atoms with E-state index in [1.807, 2.05) is 6.92 Å². The summed E-state index contributed by atoms with van der Waals surface area (Å²) in [6.45, 7) is 4.33. The molecule has 0 saturated heterocycles. The third-order valence-corrected chi connectivity index (χ3v) is 3.67. The molecule has 7 nitrogen and oxygen atoms in total. The molecule has 2 amide bonds. The van der Waals surface area contributed by atoms with Crippen molar-refractivity contribution in [3.05, 3.63) is 29.8 Å². The smallest absolute Gasteiger partial charge is 0.257 e. The van der Waals surface area contributed by atoms with Crippen molar-refractivity contribution in [3.8, 4) is 5.75 Å². The molecule has 1 aromatic rings. The first-order chi connectivity index (χ1) is 10.9. The number of aliphatic imine (C=N–C) groups is 1. The van der Waals surface area contributed by atoms with Crippen LogP contribution in [0.1, 0.15) is 32.3 Å². The zero-order chi connectivity index (χ0) is 17.0. The fourth-order valence-corrected chi connectivity index (χ4v) is 2.50. The van der Waals surface area contributed by atoms with Crippen molar-refractivity contribution < 1.29 is 14.7 Å². The molecule has 124 valence electrons. The molecular formula is C16H22N4O3. The molecule has 0 saturated carbocycles. The zero-order valence-electron chi connectivity index (χ0n) is 13.4. The third kappa shape index (κ3) is 3.80. The van der Waals surface area contributed by atoms with Gasteiger partial charge in [0.2, 0.25) is 5.91 Å². The molecule has 0 aliphatic carbocycles. The van der Waals surface area contributed by atoms with Gasteiger partial charge in [0, 0.05) is 6.54 Å². The Morgan fingerprint density at radius 2 is 2.22 bits per heavy atom. The van der Waals surface area contributed by atoms with Gasteiger partial charge in [-0.25, -0.2) is 4.99 Å². The van der Waals surface area contributed by atoms with Crippen LogP contribution >= 0.6 is 0 Å². The summed E-state index contributed by atoms with van der Waals surface area (Å²) in [5.41, 5.74) is 5.42. The van der Waals surface area contributed by atoms with E-state index in [0.717, 1.165) is 12.0 Å². The van der Waals surface area contributed by atoms with E-state index in [2.05, 4.69) is 10.3 Å². The molecular weight excluding hydrogens is 296 g/mol. The Morgan fingerprint density at radius 1 is 1.48 bits per heavy atom. The number of phenols is 1. The SMILES string of the molecule is CCCNC(=O)CC1(C)N=C(N)N(Cc2cccc(O)c2)C1=O. The van der Waals surface area contributed by atoms with Crippen LogP contribution in [0.2, 0.25) is 0 Å².